The minimum Gasteiger partial charge on any atom is -0.309 e. The van der Waals surface area contributed by atoms with E-state index < -0.39 is 0 Å². The van der Waals surface area contributed by atoms with Crippen molar-refractivity contribution in [2.24, 2.45) is 0 Å². The first-order valence-corrected chi connectivity index (χ1v) is 22.7. The summed E-state index contributed by atoms with van der Waals surface area (Å²) in [7, 11) is 0. The number of fused-ring (bicyclic) bond motifs is 6. The number of nitrogens with zero attached hydrogens (tertiary/aromatic N) is 7. The summed E-state index contributed by atoms with van der Waals surface area (Å²) in [4.78, 5) is 25.9. The second-order valence-corrected chi connectivity index (χ2v) is 16.9. The fourth-order valence-electron chi connectivity index (χ4n) is 9.55. The van der Waals surface area contributed by atoms with Crippen LogP contribution in [0.1, 0.15) is 0 Å². The van der Waals surface area contributed by atoms with Gasteiger partial charge in [-0.3, -0.25) is 4.57 Å². The summed E-state index contributed by atoms with van der Waals surface area (Å²) in [6.45, 7) is 0. The molecule has 0 N–H and O–H groups in total. The van der Waals surface area contributed by atoms with Gasteiger partial charge in [0.1, 0.15) is 0 Å². The molecular formula is C61H39N7. The van der Waals surface area contributed by atoms with Crippen LogP contribution in [0.3, 0.4) is 0 Å². The van der Waals surface area contributed by atoms with E-state index in [0.717, 1.165) is 99.6 Å². The summed E-state index contributed by atoms with van der Waals surface area (Å²) in [5, 5.41) is 4.47. The van der Waals surface area contributed by atoms with Gasteiger partial charge in [0.05, 0.1) is 33.5 Å². The Morgan fingerprint density at radius 1 is 0.235 bits per heavy atom. The first-order valence-electron chi connectivity index (χ1n) is 22.7. The Labute approximate surface area is 392 Å². The SMILES string of the molecule is c1ccc(-c2ccc(-c3nc(-c4ccccc4)nc(-n4c5ccccc5c5cc6c(cc54)c4ccccc4n6-c4cccc(-c5cc(-c6ccccc6)nc(-c6ccccc6)n5)c4)n3)cc2)cc1. The van der Waals surface area contributed by atoms with E-state index >= 15 is 0 Å². The van der Waals surface area contributed by atoms with Gasteiger partial charge in [-0.25, -0.2) is 15.0 Å². The normalized spacial score (nSPS) is 11.5. The summed E-state index contributed by atoms with van der Waals surface area (Å²) in [5.41, 5.74) is 14.1. The smallest absolute Gasteiger partial charge is 0.238 e. The van der Waals surface area contributed by atoms with Crippen LogP contribution in [0.15, 0.2) is 237 Å². The van der Waals surface area contributed by atoms with Crippen molar-refractivity contribution >= 4 is 43.6 Å². The minimum atomic E-state index is 0.553. The van der Waals surface area contributed by atoms with E-state index in [2.05, 4.69) is 185 Å². The molecule has 7 nitrogen and oxygen atoms in total. The zero-order valence-corrected chi connectivity index (χ0v) is 36.6. The van der Waals surface area contributed by atoms with Gasteiger partial charge in [0, 0.05) is 55.0 Å². The Morgan fingerprint density at radius 3 is 1.24 bits per heavy atom. The Bertz CT molecular complexity index is 3940. The predicted molar refractivity (Wildman–Crippen MR) is 277 cm³/mol. The van der Waals surface area contributed by atoms with Crippen LogP contribution in [0.5, 0.6) is 0 Å². The lowest BCUT2D eigenvalue weighted by molar-refractivity contribution is 0.954. The van der Waals surface area contributed by atoms with Crippen molar-refractivity contribution in [3.05, 3.63) is 237 Å². The van der Waals surface area contributed by atoms with Crippen molar-refractivity contribution in [1.29, 1.82) is 0 Å². The summed E-state index contributed by atoms with van der Waals surface area (Å²) in [6.07, 6.45) is 0. The molecule has 0 spiro atoms. The zero-order chi connectivity index (χ0) is 45.0. The molecule has 0 bridgehead atoms. The molecular weight excluding hydrogens is 831 g/mol. The lowest BCUT2D eigenvalue weighted by Crippen LogP contribution is -2.06. The molecule has 0 aliphatic rings. The number of hydrogen-bond acceptors (Lipinski definition) is 5. The third-order valence-corrected chi connectivity index (χ3v) is 12.8. The average molecular weight is 870 g/mol. The minimum absolute atomic E-state index is 0.553. The number of para-hydroxylation sites is 2. The molecule has 0 aliphatic heterocycles. The molecule has 0 atom stereocenters. The largest absolute Gasteiger partial charge is 0.309 e. The van der Waals surface area contributed by atoms with Gasteiger partial charge >= 0.3 is 0 Å². The van der Waals surface area contributed by atoms with Gasteiger partial charge in [0.25, 0.3) is 0 Å². The number of hydrogen-bond donors (Lipinski definition) is 0. The van der Waals surface area contributed by atoms with Gasteiger partial charge in [0.15, 0.2) is 17.5 Å². The van der Waals surface area contributed by atoms with E-state index in [1.807, 2.05) is 60.7 Å². The maximum Gasteiger partial charge on any atom is 0.238 e. The third kappa shape index (κ3) is 6.80. The van der Waals surface area contributed by atoms with Crippen LogP contribution in [-0.4, -0.2) is 34.1 Å². The van der Waals surface area contributed by atoms with Crippen molar-refractivity contribution in [2.45, 2.75) is 0 Å². The van der Waals surface area contributed by atoms with Gasteiger partial charge in [-0.05, 0) is 53.6 Å². The van der Waals surface area contributed by atoms with Crippen LogP contribution < -0.4 is 0 Å². The molecule has 4 aromatic heterocycles. The van der Waals surface area contributed by atoms with E-state index in [9.17, 15) is 0 Å². The summed E-state index contributed by atoms with van der Waals surface area (Å²) < 4.78 is 4.58. The van der Waals surface area contributed by atoms with Gasteiger partial charge < -0.3 is 4.57 Å². The van der Waals surface area contributed by atoms with E-state index in [1.54, 1.807) is 0 Å². The second kappa shape index (κ2) is 16.3. The molecule has 13 rings (SSSR count). The highest BCUT2D eigenvalue weighted by molar-refractivity contribution is 6.19. The Balaban J connectivity index is 1.00. The molecule has 0 aliphatic carbocycles. The van der Waals surface area contributed by atoms with Gasteiger partial charge in [-0.1, -0.05) is 194 Å². The van der Waals surface area contributed by atoms with Crippen LogP contribution >= 0.6 is 0 Å². The maximum atomic E-state index is 5.28. The maximum absolute atomic E-state index is 5.28. The van der Waals surface area contributed by atoms with Crippen molar-refractivity contribution in [1.82, 2.24) is 34.1 Å². The third-order valence-electron chi connectivity index (χ3n) is 12.8. The van der Waals surface area contributed by atoms with Crippen molar-refractivity contribution in [3.63, 3.8) is 0 Å². The fraction of sp³-hybridized carbons (Fsp3) is 0. The summed E-state index contributed by atoms with van der Waals surface area (Å²) in [5.74, 6) is 2.45. The second-order valence-electron chi connectivity index (χ2n) is 16.9. The highest BCUT2D eigenvalue weighted by atomic mass is 15.2. The van der Waals surface area contributed by atoms with Crippen LogP contribution in [0.2, 0.25) is 0 Å². The predicted octanol–water partition coefficient (Wildman–Crippen LogP) is 14.9. The zero-order valence-electron chi connectivity index (χ0n) is 36.6. The fourth-order valence-corrected chi connectivity index (χ4v) is 9.55. The highest BCUT2D eigenvalue weighted by Crippen LogP contribution is 2.40. The topological polar surface area (TPSA) is 74.3 Å². The van der Waals surface area contributed by atoms with Crippen molar-refractivity contribution in [3.8, 4) is 79.4 Å². The molecule has 0 radical (unpaired) electrons. The monoisotopic (exact) mass is 869 g/mol. The molecule has 0 unspecified atom stereocenters. The number of aromatic nitrogens is 7. The molecule has 0 saturated heterocycles. The van der Waals surface area contributed by atoms with E-state index in [4.69, 9.17) is 24.9 Å². The average Bonchev–Trinajstić information content (AvgIpc) is 3.93. The molecule has 4 heterocycles. The van der Waals surface area contributed by atoms with E-state index in [0.29, 0.717) is 23.4 Å². The number of benzene rings is 9. The van der Waals surface area contributed by atoms with Crippen LogP contribution in [0.25, 0.3) is 123 Å². The molecule has 0 fully saturated rings. The highest BCUT2D eigenvalue weighted by Gasteiger charge is 2.22. The lowest BCUT2D eigenvalue weighted by atomic mass is 10.0. The Hall–Kier alpha value is -9.33. The van der Waals surface area contributed by atoms with Gasteiger partial charge in [-0.2, -0.15) is 9.97 Å². The molecule has 7 heteroatoms. The summed E-state index contributed by atoms with van der Waals surface area (Å²) in [6, 6.07) is 82.2. The first-order chi connectivity index (χ1) is 33.7. The van der Waals surface area contributed by atoms with Crippen LogP contribution in [0.4, 0.5) is 0 Å². The summed E-state index contributed by atoms with van der Waals surface area (Å²) >= 11 is 0. The van der Waals surface area contributed by atoms with Gasteiger partial charge in [-0.15, -0.1) is 0 Å². The Morgan fingerprint density at radius 2 is 0.647 bits per heavy atom. The van der Waals surface area contributed by atoms with Gasteiger partial charge in [0.2, 0.25) is 5.95 Å². The quantitative estimate of drug-likeness (QED) is 0.152. The first kappa shape index (κ1) is 39.1. The molecule has 0 amide bonds. The van der Waals surface area contributed by atoms with Crippen LogP contribution in [0, 0.1) is 0 Å². The molecule has 318 valence electrons. The molecule has 0 saturated carbocycles. The Kier molecular flexibility index (Phi) is 9.35. The van der Waals surface area contributed by atoms with Crippen molar-refractivity contribution < 1.29 is 0 Å². The lowest BCUT2D eigenvalue weighted by Gasteiger charge is -2.12. The molecule has 13 aromatic rings. The number of rotatable bonds is 8. The van der Waals surface area contributed by atoms with E-state index in [-0.39, 0.29) is 0 Å². The van der Waals surface area contributed by atoms with Crippen molar-refractivity contribution in [2.75, 3.05) is 0 Å². The molecule has 68 heavy (non-hydrogen) atoms. The van der Waals surface area contributed by atoms with E-state index in [1.165, 1.54) is 0 Å². The molecule has 9 aromatic carbocycles. The standard InChI is InChI=1S/C61H39N7/c1-5-18-40(19-6-1)41-32-34-45(35-33-41)60-64-59(44-24-11-4-12-25-44)65-61(66-60)68-55-31-16-14-29-49(55)51-37-56-50(38-57(51)68)48-28-13-15-30-54(48)67(56)47-27-17-26-46(36-47)53-39-52(42-20-7-2-8-21-42)62-58(63-53)43-22-9-3-10-23-43/h1-39H. The van der Waals surface area contributed by atoms with Crippen LogP contribution in [-0.2, 0) is 0 Å².